The van der Waals surface area contributed by atoms with Gasteiger partial charge in [-0.05, 0) is 180 Å². The van der Waals surface area contributed by atoms with Gasteiger partial charge in [0.1, 0.15) is 0 Å². The highest BCUT2D eigenvalue weighted by Crippen LogP contribution is 2.57. The van der Waals surface area contributed by atoms with Crippen molar-refractivity contribution in [2.75, 3.05) is 14.7 Å². The van der Waals surface area contributed by atoms with Crippen LogP contribution in [0.2, 0.25) is 0 Å². The molecule has 0 radical (unpaired) electrons. The molecule has 2 heterocycles. The van der Waals surface area contributed by atoms with Crippen molar-refractivity contribution in [3.8, 4) is 11.1 Å². The Bertz CT molecular complexity index is 3550. The van der Waals surface area contributed by atoms with Crippen molar-refractivity contribution in [1.29, 1.82) is 0 Å². The van der Waals surface area contributed by atoms with Crippen LogP contribution in [0.4, 0.5) is 51.2 Å². The van der Waals surface area contributed by atoms with Gasteiger partial charge >= 0.3 is 0 Å². The molecule has 12 rings (SSSR count). The summed E-state index contributed by atoms with van der Waals surface area (Å²) in [7, 11) is 0. The van der Waals surface area contributed by atoms with E-state index in [2.05, 4.69) is 282 Å². The van der Waals surface area contributed by atoms with Crippen LogP contribution in [0.25, 0.3) is 11.1 Å². The predicted molar refractivity (Wildman–Crippen MR) is 324 cm³/mol. The van der Waals surface area contributed by atoms with E-state index in [1.807, 2.05) is 0 Å². The lowest BCUT2D eigenvalue weighted by molar-refractivity contribution is 0.403. The first-order valence-electron chi connectivity index (χ1n) is 27.7. The fourth-order valence-electron chi connectivity index (χ4n) is 14.6. The van der Waals surface area contributed by atoms with Crippen molar-refractivity contribution in [2.45, 2.75) is 149 Å². The molecule has 0 atom stereocenters. The van der Waals surface area contributed by atoms with Crippen LogP contribution in [-0.2, 0) is 32.5 Å². The third-order valence-electron chi connectivity index (χ3n) is 17.8. The van der Waals surface area contributed by atoms with Crippen LogP contribution in [0.3, 0.4) is 0 Å². The maximum Gasteiger partial charge on any atom is 0.252 e. The Morgan fingerprint density at radius 2 is 0.800 bits per heavy atom. The predicted octanol–water partition coefficient (Wildman–Crippen LogP) is 17.7. The van der Waals surface area contributed by atoms with E-state index in [-0.39, 0.29) is 39.2 Å². The van der Waals surface area contributed by atoms with Crippen LogP contribution >= 0.6 is 0 Å². The minimum Gasteiger partial charge on any atom is -0.311 e. The Morgan fingerprint density at radius 3 is 1.24 bits per heavy atom. The summed E-state index contributed by atoms with van der Waals surface area (Å²) in [4.78, 5) is 7.88. The first-order chi connectivity index (χ1) is 35.3. The number of hydrogen-bond acceptors (Lipinski definition) is 3. The first-order valence-corrected chi connectivity index (χ1v) is 27.7. The molecule has 3 nitrogen and oxygen atoms in total. The molecule has 0 bridgehead atoms. The fourth-order valence-corrected chi connectivity index (χ4v) is 14.6. The van der Waals surface area contributed by atoms with Crippen molar-refractivity contribution < 1.29 is 0 Å². The Balaban J connectivity index is 1.28. The third kappa shape index (κ3) is 7.82. The van der Waals surface area contributed by atoms with Crippen LogP contribution in [0, 0.1) is 6.92 Å². The number of benzene rings is 8. The molecule has 75 heavy (non-hydrogen) atoms. The summed E-state index contributed by atoms with van der Waals surface area (Å²) >= 11 is 0. The highest BCUT2D eigenvalue weighted by atomic mass is 15.2. The molecule has 378 valence electrons. The van der Waals surface area contributed by atoms with E-state index in [0.29, 0.717) is 0 Å². The zero-order valence-electron chi connectivity index (χ0n) is 47.4. The number of aryl methyl sites for hydroxylation is 1. The Hall–Kier alpha value is -6.78. The number of rotatable bonds is 6. The highest BCUT2D eigenvalue weighted by Gasteiger charge is 2.51. The van der Waals surface area contributed by atoms with Gasteiger partial charge < -0.3 is 14.7 Å². The maximum absolute atomic E-state index is 2.71. The summed E-state index contributed by atoms with van der Waals surface area (Å²) in [6.07, 6.45) is 2.19. The summed E-state index contributed by atoms with van der Waals surface area (Å²) in [6.45, 7) is 36.2. The van der Waals surface area contributed by atoms with Crippen LogP contribution in [0.1, 0.15) is 149 Å². The van der Waals surface area contributed by atoms with Gasteiger partial charge in [-0.25, -0.2) is 0 Å². The summed E-state index contributed by atoms with van der Waals surface area (Å²) in [5.74, 6) is 0. The molecule has 0 saturated heterocycles. The molecule has 2 aliphatic carbocycles. The molecular formula is C71H76BN3. The molecule has 0 N–H and O–H groups in total. The second-order valence-corrected chi connectivity index (χ2v) is 27.4. The Morgan fingerprint density at radius 1 is 0.400 bits per heavy atom. The first kappa shape index (κ1) is 49.1. The zero-order chi connectivity index (χ0) is 52.9. The highest BCUT2D eigenvalue weighted by molar-refractivity contribution is 7.00. The monoisotopic (exact) mass is 982 g/mol. The SMILES string of the molecule is Cc1cc(C(C)(C)C)ccc1N1c2cc3c(cc2B2c4cc5c(cc4N(c4ccc(C(C)(C)C)cc4-c4ccccc4)c4cc(N(c6ccccc6)c6ccccc6)cc1c42)C(C)(C)CC5(C)C)C(C)(C)CC3(C)C. The van der Waals surface area contributed by atoms with Crippen LogP contribution in [-0.4, -0.2) is 6.71 Å². The number of para-hydroxylation sites is 2. The number of hydrogen-bond donors (Lipinski definition) is 0. The minimum absolute atomic E-state index is 0.000130. The van der Waals surface area contributed by atoms with Crippen molar-refractivity contribution in [3.63, 3.8) is 0 Å². The second-order valence-electron chi connectivity index (χ2n) is 27.4. The molecule has 0 aromatic heterocycles. The van der Waals surface area contributed by atoms with Gasteiger partial charge in [0.15, 0.2) is 0 Å². The Kier molecular flexibility index (Phi) is 10.9. The van der Waals surface area contributed by atoms with Crippen molar-refractivity contribution >= 4 is 74.3 Å². The van der Waals surface area contributed by atoms with E-state index in [1.54, 1.807) is 0 Å². The lowest BCUT2D eigenvalue weighted by Gasteiger charge is -2.46. The smallest absolute Gasteiger partial charge is 0.252 e. The molecule has 4 aliphatic rings. The molecule has 4 heteroatoms. The van der Waals surface area contributed by atoms with E-state index >= 15 is 0 Å². The van der Waals surface area contributed by atoms with Crippen LogP contribution in [0.5, 0.6) is 0 Å². The van der Waals surface area contributed by atoms with E-state index in [0.717, 1.165) is 29.9 Å². The Labute approximate surface area is 449 Å². The van der Waals surface area contributed by atoms with E-state index in [9.17, 15) is 0 Å². The van der Waals surface area contributed by atoms with Crippen LogP contribution < -0.4 is 31.1 Å². The second kappa shape index (κ2) is 16.6. The maximum atomic E-state index is 2.71. The van der Waals surface area contributed by atoms with Gasteiger partial charge in [0.2, 0.25) is 0 Å². The number of fused-ring (bicyclic) bond motifs is 6. The van der Waals surface area contributed by atoms with Gasteiger partial charge in [0, 0.05) is 45.4 Å². The largest absolute Gasteiger partial charge is 0.311 e. The minimum atomic E-state index is -0.0540. The quantitative estimate of drug-likeness (QED) is 0.154. The summed E-state index contributed by atoms with van der Waals surface area (Å²) < 4.78 is 0. The van der Waals surface area contributed by atoms with E-state index in [1.165, 1.54) is 101 Å². The van der Waals surface area contributed by atoms with E-state index in [4.69, 9.17) is 0 Å². The van der Waals surface area contributed by atoms with Crippen LogP contribution in [0.15, 0.2) is 164 Å². The average molecular weight is 982 g/mol. The third-order valence-corrected chi connectivity index (χ3v) is 17.8. The summed E-state index contributed by atoms with van der Waals surface area (Å²) in [5.41, 5.74) is 27.1. The van der Waals surface area contributed by atoms with Gasteiger partial charge in [-0.15, -0.1) is 0 Å². The fraction of sp³-hybridized carbons (Fsp3) is 0.324. The molecular weight excluding hydrogens is 906 g/mol. The van der Waals surface area contributed by atoms with Gasteiger partial charge in [-0.3, -0.25) is 0 Å². The summed E-state index contributed by atoms with van der Waals surface area (Å²) in [6, 6.07) is 63.5. The number of nitrogens with zero attached hydrogens (tertiary/aromatic N) is 3. The van der Waals surface area contributed by atoms with Gasteiger partial charge in [0.05, 0.1) is 11.4 Å². The van der Waals surface area contributed by atoms with Gasteiger partial charge in [-0.1, -0.05) is 194 Å². The molecule has 0 saturated carbocycles. The van der Waals surface area contributed by atoms with Gasteiger partial charge in [-0.2, -0.15) is 0 Å². The summed E-state index contributed by atoms with van der Waals surface area (Å²) in [5, 5.41) is 0. The molecule has 8 aromatic carbocycles. The molecule has 8 aromatic rings. The topological polar surface area (TPSA) is 9.72 Å². The van der Waals surface area contributed by atoms with Gasteiger partial charge in [0.25, 0.3) is 6.71 Å². The normalized spacial score (nSPS) is 17.2. The molecule has 0 spiro atoms. The lowest BCUT2D eigenvalue weighted by atomic mass is 9.33. The molecule has 0 fully saturated rings. The number of anilines is 9. The van der Waals surface area contributed by atoms with Crippen molar-refractivity contribution in [1.82, 2.24) is 0 Å². The van der Waals surface area contributed by atoms with E-state index < -0.39 is 0 Å². The molecule has 2 aliphatic heterocycles. The lowest BCUT2D eigenvalue weighted by Crippen LogP contribution is -2.62. The molecule has 0 unspecified atom stereocenters. The van der Waals surface area contributed by atoms with Crippen molar-refractivity contribution in [2.24, 2.45) is 0 Å². The zero-order valence-corrected chi connectivity index (χ0v) is 47.4. The standard InChI is InChI=1S/C71H76BN3/c1-45-35-47(66(2,3)4)31-33-59(45)74-61-41-55-53(68(8,9)43-70(55,12)13)39-57(61)72-58-40-54-56(71(14,15)44-69(54,10)11)42-62(58)75(60-34-32-48(67(5,6)7)36-52(60)46-25-19-16-20-26-46)64-38-51(37-63(74)65(64)72)73(49-27-21-17-22-28-49)50-29-23-18-24-30-50/h16-42H,43-44H2,1-15H3. The van der Waals surface area contributed by atoms with Crippen molar-refractivity contribution in [3.05, 3.63) is 203 Å². The molecule has 0 amide bonds. The average Bonchev–Trinajstić information content (AvgIpc) is 3.67.